The van der Waals surface area contributed by atoms with E-state index in [0.717, 1.165) is 18.7 Å². The maximum absolute atomic E-state index is 11.4. The Hall–Kier alpha value is -2.12. The standard InChI is InChI=1S/C18H28N4O3/c1-18(2,3)13(17(23)24)10-25-12-6-4-11(5-7-12)16(20)22-15-9-21-8-14(15)19/h4-7,13-15,21H,8-10,19H2,1-3H3,(H2,20,22)(H,23,24)/t13-,14?,15?/m0/s1. The monoisotopic (exact) mass is 348 g/mol. The van der Waals surface area contributed by atoms with Crippen LogP contribution in [-0.4, -0.2) is 48.7 Å². The number of aliphatic imine (C=N–C) groups is 1. The quantitative estimate of drug-likeness (QED) is 0.446. The molecule has 1 saturated heterocycles. The van der Waals surface area contributed by atoms with Gasteiger partial charge in [0.2, 0.25) is 0 Å². The number of hydrogen-bond acceptors (Lipinski definition) is 5. The second kappa shape index (κ2) is 7.84. The molecule has 0 radical (unpaired) electrons. The number of carboxylic acid groups (broad SMARTS) is 1. The summed E-state index contributed by atoms with van der Waals surface area (Å²) in [6.45, 7) is 7.25. The molecule has 0 aromatic heterocycles. The first kappa shape index (κ1) is 19.2. The van der Waals surface area contributed by atoms with E-state index in [9.17, 15) is 9.90 Å². The first-order valence-corrected chi connectivity index (χ1v) is 8.44. The van der Waals surface area contributed by atoms with Crippen molar-refractivity contribution in [2.45, 2.75) is 32.9 Å². The van der Waals surface area contributed by atoms with Gasteiger partial charge in [-0.1, -0.05) is 20.8 Å². The lowest BCUT2D eigenvalue weighted by molar-refractivity contribution is -0.146. The molecule has 0 aliphatic carbocycles. The van der Waals surface area contributed by atoms with Crippen molar-refractivity contribution in [2.24, 2.45) is 27.8 Å². The Morgan fingerprint density at radius 3 is 2.48 bits per heavy atom. The Balaban J connectivity index is 2.00. The number of amidine groups is 1. The minimum Gasteiger partial charge on any atom is -0.493 e. The molecule has 0 spiro atoms. The summed E-state index contributed by atoms with van der Waals surface area (Å²) >= 11 is 0. The molecule has 0 bridgehead atoms. The summed E-state index contributed by atoms with van der Waals surface area (Å²) in [4.78, 5) is 15.8. The van der Waals surface area contributed by atoms with Crippen molar-refractivity contribution in [3.63, 3.8) is 0 Å². The molecule has 3 atom stereocenters. The van der Waals surface area contributed by atoms with Crippen LogP contribution in [0.1, 0.15) is 26.3 Å². The van der Waals surface area contributed by atoms with Crippen molar-refractivity contribution in [3.8, 4) is 5.75 Å². The minimum absolute atomic E-state index is 0.0148. The first-order chi connectivity index (χ1) is 11.7. The van der Waals surface area contributed by atoms with Crippen LogP contribution in [0.3, 0.4) is 0 Å². The van der Waals surface area contributed by atoms with Gasteiger partial charge < -0.3 is 26.6 Å². The number of nitrogens with one attached hydrogen (secondary N) is 1. The number of ether oxygens (including phenoxy) is 1. The van der Waals surface area contributed by atoms with Crippen LogP contribution in [0.2, 0.25) is 0 Å². The van der Waals surface area contributed by atoms with Crippen LogP contribution in [-0.2, 0) is 4.79 Å². The van der Waals surface area contributed by atoms with Gasteiger partial charge in [0.15, 0.2) is 0 Å². The molecule has 1 aliphatic rings. The Labute approximate surface area is 148 Å². The molecule has 1 fully saturated rings. The summed E-state index contributed by atoms with van der Waals surface area (Å²) < 4.78 is 5.65. The van der Waals surface area contributed by atoms with Gasteiger partial charge in [0.05, 0.1) is 12.0 Å². The van der Waals surface area contributed by atoms with E-state index in [2.05, 4.69) is 10.3 Å². The van der Waals surface area contributed by atoms with E-state index in [1.54, 1.807) is 12.1 Å². The van der Waals surface area contributed by atoms with Crippen LogP contribution in [0.4, 0.5) is 0 Å². The molecule has 7 nitrogen and oxygen atoms in total. The van der Waals surface area contributed by atoms with Crippen LogP contribution in [0.15, 0.2) is 29.3 Å². The fraction of sp³-hybridized carbons (Fsp3) is 0.556. The van der Waals surface area contributed by atoms with E-state index in [1.165, 1.54) is 0 Å². The van der Waals surface area contributed by atoms with Crippen molar-refractivity contribution < 1.29 is 14.6 Å². The number of aliphatic carboxylic acids is 1. The highest BCUT2D eigenvalue weighted by Crippen LogP contribution is 2.27. The molecule has 2 unspecified atom stereocenters. The fourth-order valence-electron chi connectivity index (χ4n) is 2.67. The molecular formula is C18H28N4O3. The van der Waals surface area contributed by atoms with Gasteiger partial charge in [-0.2, -0.15) is 0 Å². The van der Waals surface area contributed by atoms with Crippen molar-refractivity contribution >= 4 is 11.8 Å². The Bertz CT molecular complexity index is 622. The average molecular weight is 348 g/mol. The summed E-state index contributed by atoms with van der Waals surface area (Å²) in [5.74, 6) is -0.405. The van der Waals surface area contributed by atoms with Gasteiger partial charge in [-0.05, 0) is 29.7 Å². The molecule has 0 amide bonds. The summed E-state index contributed by atoms with van der Waals surface area (Å²) in [6.07, 6.45) is 0. The lowest BCUT2D eigenvalue weighted by atomic mass is 9.81. The van der Waals surface area contributed by atoms with Crippen LogP contribution in [0, 0.1) is 11.3 Å². The Morgan fingerprint density at radius 1 is 1.36 bits per heavy atom. The number of benzene rings is 1. The van der Waals surface area contributed by atoms with Gasteiger partial charge in [-0.25, -0.2) is 0 Å². The van der Waals surface area contributed by atoms with Crippen molar-refractivity contribution in [1.82, 2.24) is 5.32 Å². The zero-order valence-electron chi connectivity index (χ0n) is 15.0. The Morgan fingerprint density at radius 2 is 2.00 bits per heavy atom. The summed E-state index contributed by atoms with van der Waals surface area (Å²) in [6, 6.07) is 7.13. The van der Waals surface area contributed by atoms with Crippen molar-refractivity contribution in [1.29, 1.82) is 0 Å². The molecule has 138 valence electrons. The fourth-order valence-corrected chi connectivity index (χ4v) is 2.67. The topological polar surface area (TPSA) is 123 Å². The third kappa shape index (κ3) is 5.17. The van der Waals surface area contributed by atoms with E-state index < -0.39 is 11.9 Å². The smallest absolute Gasteiger partial charge is 0.310 e. The number of rotatable bonds is 6. The number of hydrogen-bond donors (Lipinski definition) is 4. The molecule has 1 aromatic carbocycles. The molecule has 6 N–H and O–H groups in total. The molecular weight excluding hydrogens is 320 g/mol. The van der Waals surface area contributed by atoms with Crippen molar-refractivity contribution in [3.05, 3.63) is 29.8 Å². The molecule has 2 rings (SSSR count). The number of nitrogens with two attached hydrogens (primary N) is 2. The second-order valence-electron chi connectivity index (χ2n) is 7.50. The van der Waals surface area contributed by atoms with Crippen LogP contribution >= 0.6 is 0 Å². The summed E-state index contributed by atoms with van der Waals surface area (Å²) in [5, 5.41) is 12.5. The molecule has 7 heteroatoms. The van der Waals surface area contributed by atoms with Gasteiger partial charge in [-0.3, -0.25) is 9.79 Å². The van der Waals surface area contributed by atoms with Gasteiger partial charge in [0.25, 0.3) is 0 Å². The zero-order chi connectivity index (χ0) is 18.6. The zero-order valence-corrected chi connectivity index (χ0v) is 15.0. The van der Waals surface area contributed by atoms with E-state index in [0.29, 0.717) is 11.6 Å². The van der Waals surface area contributed by atoms with Crippen LogP contribution in [0.5, 0.6) is 5.75 Å². The van der Waals surface area contributed by atoms with Crippen molar-refractivity contribution in [2.75, 3.05) is 19.7 Å². The normalized spacial score (nSPS) is 22.6. The van der Waals surface area contributed by atoms with E-state index in [-0.39, 0.29) is 24.1 Å². The SMILES string of the molecule is CC(C)(C)[C@@H](COc1ccc(C(N)=NC2CNCC2N)cc1)C(=O)O. The molecule has 1 heterocycles. The maximum Gasteiger partial charge on any atom is 0.310 e. The van der Waals surface area contributed by atoms with E-state index in [1.807, 2.05) is 32.9 Å². The first-order valence-electron chi connectivity index (χ1n) is 8.44. The highest BCUT2D eigenvalue weighted by molar-refractivity contribution is 5.97. The van der Waals surface area contributed by atoms with Gasteiger partial charge in [-0.15, -0.1) is 0 Å². The average Bonchev–Trinajstić information content (AvgIpc) is 2.91. The molecule has 1 aromatic rings. The van der Waals surface area contributed by atoms with Crippen LogP contribution < -0.4 is 21.5 Å². The highest BCUT2D eigenvalue weighted by atomic mass is 16.5. The predicted octanol–water partition coefficient (Wildman–Crippen LogP) is 0.817. The highest BCUT2D eigenvalue weighted by Gasteiger charge is 2.31. The van der Waals surface area contributed by atoms with Crippen LogP contribution in [0.25, 0.3) is 0 Å². The Kier molecular flexibility index (Phi) is 6.02. The molecule has 25 heavy (non-hydrogen) atoms. The molecule has 1 aliphatic heterocycles. The maximum atomic E-state index is 11.4. The number of carboxylic acids is 1. The van der Waals surface area contributed by atoms with Gasteiger partial charge in [0, 0.05) is 24.7 Å². The van der Waals surface area contributed by atoms with E-state index >= 15 is 0 Å². The third-order valence-electron chi connectivity index (χ3n) is 4.44. The number of nitrogens with zero attached hydrogens (tertiary/aromatic N) is 1. The second-order valence-corrected chi connectivity index (χ2v) is 7.50. The summed E-state index contributed by atoms with van der Waals surface area (Å²) in [5.41, 5.74) is 12.4. The summed E-state index contributed by atoms with van der Waals surface area (Å²) in [7, 11) is 0. The molecule has 0 saturated carbocycles. The van der Waals surface area contributed by atoms with Gasteiger partial charge >= 0.3 is 5.97 Å². The van der Waals surface area contributed by atoms with Gasteiger partial charge in [0.1, 0.15) is 18.2 Å². The largest absolute Gasteiger partial charge is 0.493 e. The lowest BCUT2D eigenvalue weighted by Gasteiger charge is -2.26. The third-order valence-corrected chi connectivity index (χ3v) is 4.44. The predicted molar refractivity (Wildman–Crippen MR) is 97.9 cm³/mol. The van der Waals surface area contributed by atoms with E-state index in [4.69, 9.17) is 16.2 Å². The minimum atomic E-state index is -0.859. The number of carbonyl (C=O) groups is 1. The lowest BCUT2D eigenvalue weighted by Crippen LogP contribution is -2.33.